The second-order valence-electron chi connectivity index (χ2n) is 6.71. The van der Waals surface area contributed by atoms with E-state index in [1.165, 1.54) is 0 Å². The Hall–Kier alpha value is -1.41. The van der Waals surface area contributed by atoms with Crippen LogP contribution in [0.1, 0.15) is 37.5 Å². The van der Waals surface area contributed by atoms with Gasteiger partial charge in [0.1, 0.15) is 5.82 Å². The molecule has 0 bridgehead atoms. The van der Waals surface area contributed by atoms with E-state index in [-0.39, 0.29) is 30.2 Å². The highest BCUT2D eigenvalue weighted by Crippen LogP contribution is 2.36. The average molecular weight is 340 g/mol. The van der Waals surface area contributed by atoms with Crippen molar-refractivity contribution in [1.29, 1.82) is 0 Å². The van der Waals surface area contributed by atoms with Gasteiger partial charge in [0.05, 0.1) is 11.8 Å². The summed E-state index contributed by atoms with van der Waals surface area (Å²) in [6.07, 6.45) is 6.92. The van der Waals surface area contributed by atoms with E-state index >= 15 is 0 Å². The maximum Gasteiger partial charge on any atom is 0.223 e. The van der Waals surface area contributed by atoms with Gasteiger partial charge in [-0.05, 0) is 12.3 Å². The number of carbonyl (C=O) groups excluding carboxylic acids is 1. The molecule has 0 radical (unpaired) electrons. The molecular formula is C15H24N4O3S. The molecule has 1 saturated heterocycles. The number of nitrogens with zero attached hydrogens (tertiary/aromatic N) is 3. The van der Waals surface area contributed by atoms with Crippen molar-refractivity contribution in [3.8, 4) is 0 Å². The van der Waals surface area contributed by atoms with E-state index in [0.717, 1.165) is 25.1 Å². The zero-order chi connectivity index (χ0) is 16.6. The quantitative estimate of drug-likeness (QED) is 0.790. The van der Waals surface area contributed by atoms with Gasteiger partial charge in [0, 0.05) is 45.4 Å². The molecule has 2 atom stereocenters. The Bertz CT molecular complexity index is 681. The van der Waals surface area contributed by atoms with Crippen molar-refractivity contribution in [3.05, 3.63) is 18.2 Å². The molecule has 1 saturated carbocycles. The third kappa shape index (κ3) is 3.74. The van der Waals surface area contributed by atoms with Gasteiger partial charge >= 0.3 is 0 Å². The van der Waals surface area contributed by atoms with Gasteiger partial charge in [-0.25, -0.2) is 18.1 Å². The van der Waals surface area contributed by atoms with E-state index in [2.05, 4.69) is 9.71 Å². The molecule has 8 heteroatoms. The normalized spacial score (nSPS) is 25.3. The number of hydrogen-bond acceptors (Lipinski definition) is 4. The summed E-state index contributed by atoms with van der Waals surface area (Å²) in [5, 5.41) is 0. The van der Waals surface area contributed by atoms with E-state index in [4.69, 9.17) is 0 Å². The molecule has 2 aliphatic rings. The number of hydrogen-bond donors (Lipinski definition) is 1. The third-order valence-electron chi connectivity index (χ3n) is 4.87. The first-order valence-electron chi connectivity index (χ1n) is 8.07. The van der Waals surface area contributed by atoms with Crippen LogP contribution in [0.4, 0.5) is 0 Å². The smallest absolute Gasteiger partial charge is 0.223 e. The largest absolute Gasteiger partial charge is 0.336 e. The summed E-state index contributed by atoms with van der Waals surface area (Å²) in [5.74, 6) is 1.50. The Morgan fingerprint density at radius 3 is 2.70 bits per heavy atom. The number of carbonyl (C=O) groups is 1. The number of likely N-dealkylation sites (tertiary alicyclic amines) is 1. The minimum atomic E-state index is -3.27. The molecule has 7 nitrogen and oxygen atoms in total. The van der Waals surface area contributed by atoms with Gasteiger partial charge in [0.25, 0.3) is 0 Å². The molecule has 1 aromatic rings. The number of rotatable bonds is 7. The molecular weight excluding hydrogens is 316 g/mol. The zero-order valence-electron chi connectivity index (χ0n) is 13.6. The Morgan fingerprint density at radius 1 is 1.35 bits per heavy atom. The molecule has 0 unspecified atom stereocenters. The van der Waals surface area contributed by atoms with Gasteiger partial charge in [-0.3, -0.25) is 4.79 Å². The maximum atomic E-state index is 12.1. The number of sulfonamides is 1. The van der Waals surface area contributed by atoms with Gasteiger partial charge < -0.3 is 9.47 Å². The lowest BCUT2D eigenvalue weighted by Gasteiger charge is -2.24. The van der Waals surface area contributed by atoms with Gasteiger partial charge in [0.15, 0.2) is 0 Å². The average Bonchev–Trinajstić information content (AvgIpc) is 3.18. The van der Waals surface area contributed by atoms with Crippen LogP contribution in [-0.4, -0.2) is 48.1 Å². The number of imidazole rings is 1. The summed E-state index contributed by atoms with van der Waals surface area (Å²) in [4.78, 5) is 18.1. The lowest BCUT2D eigenvalue weighted by Crippen LogP contribution is -2.34. The molecule has 1 aromatic heterocycles. The number of aryl methyl sites for hydroxylation is 1. The maximum absolute atomic E-state index is 12.1. The van der Waals surface area contributed by atoms with Crippen LogP contribution in [0.2, 0.25) is 0 Å². The van der Waals surface area contributed by atoms with Crippen LogP contribution < -0.4 is 4.72 Å². The fourth-order valence-electron chi connectivity index (χ4n) is 3.22. The second kappa shape index (κ2) is 6.24. The summed E-state index contributed by atoms with van der Waals surface area (Å²) in [5.41, 5.74) is 0. The second-order valence-corrected chi connectivity index (χ2v) is 8.64. The van der Waals surface area contributed by atoms with E-state index in [9.17, 15) is 13.2 Å². The fourth-order valence-corrected chi connectivity index (χ4v) is 4.47. The van der Waals surface area contributed by atoms with Crippen molar-refractivity contribution in [2.45, 2.75) is 31.7 Å². The van der Waals surface area contributed by atoms with Gasteiger partial charge in [-0.15, -0.1) is 0 Å². The number of nitrogens with one attached hydrogen (secondary N) is 1. The van der Waals surface area contributed by atoms with E-state index in [1.807, 2.05) is 17.8 Å². The van der Waals surface area contributed by atoms with E-state index < -0.39 is 10.0 Å². The summed E-state index contributed by atoms with van der Waals surface area (Å²) in [6, 6.07) is -0.186. The lowest BCUT2D eigenvalue weighted by molar-refractivity contribution is -0.127. The molecule has 3 rings (SSSR count). The molecule has 1 aliphatic heterocycles. The summed E-state index contributed by atoms with van der Waals surface area (Å²) < 4.78 is 28.8. The molecule has 1 amide bonds. The van der Waals surface area contributed by atoms with Crippen LogP contribution in [0.25, 0.3) is 0 Å². The fraction of sp³-hybridized carbons (Fsp3) is 0.733. The van der Waals surface area contributed by atoms with Crippen LogP contribution in [-0.2, 0) is 21.9 Å². The van der Waals surface area contributed by atoms with Gasteiger partial charge in [0.2, 0.25) is 15.9 Å². The minimum absolute atomic E-state index is 0.0279. The Labute approximate surface area is 137 Å². The van der Waals surface area contributed by atoms with Crippen LogP contribution in [0.5, 0.6) is 0 Å². The first-order chi connectivity index (χ1) is 10.9. The Morgan fingerprint density at radius 2 is 2.09 bits per heavy atom. The van der Waals surface area contributed by atoms with Crippen molar-refractivity contribution in [3.63, 3.8) is 0 Å². The molecule has 23 heavy (non-hydrogen) atoms. The molecule has 2 fully saturated rings. The van der Waals surface area contributed by atoms with Crippen molar-refractivity contribution in [1.82, 2.24) is 19.2 Å². The molecule has 2 heterocycles. The molecule has 1 aliphatic carbocycles. The van der Waals surface area contributed by atoms with Crippen LogP contribution in [0.15, 0.2) is 12.4 Å². The predicted octanol–water partition coefficient (Wildman–Crippen LogP) is 0.659. The Balaban J connectivity index is 1.65. The highest BCUT2D eigenvalue weighted by molar-refractivity contribution is 7.89. The van der Waals surface area contributed by atoms with Crippen molar-refractivity contribution < 1.29 is 13.2 Å². The summed E-state index contributed by atoms with van der Waals surface area (Å²) in [6.45, 7) is 0.278. The predicted molar refractivity (Wildman–Crippen MR) is 86.0 cm³/mol. The zero-order valence-corrected chi connectivity index (χ0v) is 14.4. The van der Waals surface area contributed by atoms with Gasteiger partial charge in [-0.2, -0.15) is 0 Å². The van der Waals surface area contributed by atoms with Crippen molar-refractivity contribution >= 4 is 15.9 Å². The molecule has 128 valence electrons. The highest BCUT2D eigenvalue weighted by Gasteiger charge is 2.40. The highest BCUT2D eigenvalue weighted by atomic mass is 32.2. The van der Waals surface area contributed by atoms with Crippen LogP contribution in [0, 0.1) is 11.8 Å². The standard InChI is InChI=1S/C15H24N4O3S/c1-18-7-6-16-15(18)14-12(9-13(20)19(14)2)10-17-23(21,22)8-5-11-3-4-11/h6-7,11-12,14,17H,3-5,8-10H2,1-2H3/t12-,14+/m0/s1. The third-order valence-corrected chi connectivity index (χ3v) is 6.25. The minimum Gasteiger partial charge on any atom is -0.336 e. The first kappa shape index (κ1) is 16.4. The van der Waals surface area contributed by atoms with E-state index in [0.29, 0.717) is 12.3 Å². The number of aromatic nitrogens is 2. The summed E-state index contributed by atoms with van der Waals surface area (Å²) in [7, 11) is 0.370. The molecule has 0 aromatic carbocycles. The summed E-state index contributed by atoms with van der Waals surface area (Å²) >= 11 is 0. The molecule has 1 N–H and O–H groups in total. The monoisotopic (exact) mass is 340 g/mol. The van der Waals surface area contributed by atoms with Crippen LogP contribution >= 0.6 is 0 Å². The topological polar surface area (TPSA) is 84.3 Å². The van der Waals surface area contributed by atoms with Crippen molar-refractivity contribution in [2.24, 2.45) is 18.9 Å². The van der Waals surface area contributed by atoms with E-state index in [1.54, 1.807) is 18.1 Å². The van der Waals surface area contributed by atoms with Gasteiger partial charge in [-0.1, -0.05) is 12.8 Å². The SMILES string of the molecule is CN1C(=O)C[C@@H](CNS(=O)(=O)CCC2CC2)[C@@H]1c1nccn1C. The molecule has 0 spiro atoms. The number of amides is 1. The lowest BCUT2D eigenvalue weighted by atomic mass is 10.00. The van der Waals surface area contributed by atoms with Crippen LogP contribution in [0.3, 0.4) is 0 Å². The Kier molecular flexibility index (Phi) is 4.46. The van der Waals surface area contributed by atoms with Crippen molar-refractivity contribution in [2.75, 3.05) is 19.3 Å². The first-order valence-corrected chi connectivity index (χ1v) is 9.73.